The van der Waals surface area contributed by atoms with Gasteiger partial charge in [0.1, 0.15) is 0 Å². The molecule has 0 heterocycles. The largest absolute Gasteiger partial charge is 0.322 e. The highest BCUT2D eigenvalue weighted by Gasteiger charge is 2.14. The number of nitro groups is 1. The molecule has 0 spiro atoms. The first-order chi connectivity index (χ1) is 14.8. The van der Waals surface area contributed by atoms with Crippen molar-refractivity contribution in [3.63, 3.8) is 0 Å². The van der Waals surface area contributed by atoms with Gasteiger partial charge in [0.05, 0.1) is 16.2 Å². The van der Waals surface area contributed by atoms with Crippen molar-refractivity contribution in [3.05, 3.63) is 105 Å². The Hall–Kier alpha value is -4.26. The van der Waals surface area contributed by atoms with Gasteiger partial charge < -0.3 is 10.6 Å². The number of para-hydroxylation sites is 1. The number of aryl methyl sites for hydroxylation is 1. The van der Waals surface area contributed by atoms with Crippen LogP contribution in [0.25, 0.3) is 6.08 Å². The molecule has 7 heteroatoms. The van der Waals surface area contributed by atoms with Crippen LogP contribution in [0.2, 0.25) is 0 Å². The molecule has 0 radical (unpaired) electrons. The van der Waals surface area contributed by atoms with Crippen molar-refractivity contribution in [2.24, 2.45) is 0 Å². The minimum Gasteiger partial charge on any atom is -0.322 e. The van der Waals surface area contributed by atoms with Crippen molar-refractivity contribution in [3.8, 4) is 0 Å². The van der Waals surface area contributed by atoms with Crippen molar-refractivity contribution in [1.29, 1.82) is 0 Å². The number of carbonyl (C=O) groups excluding carboxylic acids is 2. The van der Waals surface area contributed by atoms with Gasteiger partial charge in [-0.15, -0.1) is 0 Å². The zero-order valence-electron chi connectivity index (χ0n) is 17.1. The van der Waals surface area contributed by atoms with E-state index < -0.39 is 10.8 Å². The molecule has 2 N–H and O–H groups in total. The molecule has 0 bridgehead atoms. The maximum absolute atomic E-state index is 12.8. The number of nitro benzene ring substituents is 1. The topological polar surface area (TPSA) is 101 Å². The maximum atomic E-state index is 12.8. The van der Waals surface area contributed by atoms with Gasteiger partial charge in [-0.25, -0.2) is 0 Å². The normalized spacial score (nSPS) is 10.6. The molecule has 0 aliphatic carbocycles. The third-order valence-corrected chi connectivity index (χ3v) is 4.79. The zero-order chi connectivity index (χ0) is 22.4. The zero-order valence-corrected chi connectivity index (χ0v) is 17.1. The molecule has 31 heavy (non-hydrogen) atoms. The highest BCUT2D eigenvalue weighted by molar-refractivity contribution is 6.12. The molecule has 3 aromatic carbocycles. The molecule has 0 fully saturated rings. The second-order valence-corrected chi connectivity index (χ2v) is 6.92. The molecule has 3 aromatic rings. The number of hydrogen-bond donors (Lipinski definition) is 2. The Morgan fingerprint density at radius 2 is 1.61 bits per heavy atom. The molecule has 0 saturated carbocycles. The second kappa shape index (κ2) is 9.49. The number of benzene rings is 3. The number of rotatable bonds is 6. The van der Waals surface area contributed by atoms with Gasteiger partial charge in [0.2, 0.25) is 5.91 Å². The van der Waals surface area contributed by atoms with Crippen LogP contribution >= 0.6 is 0 Å². The first kappa shape index (κ1) is 21.4. The standard InChI is InChI=1S/C24H21N3O4/c1-16-7-5-12-21(17(16)2)26-24(29)20-10-3-4-11-22(20)25-23(28)14-13-18-8-6-9-19(15-18)27(30)31/h3-15H,1-2H3,(H,25,28)(H,26,29)/b14-13-. The Labute approximate surface area is 179 Å². The van der Waals surface area contributed by atoms with Crippen LogP contribution in [0, 0.1) is 24.0 Å². The Morgan fingerprint density at radius 1 is 0.903 bits per heavy atom. The van der Waals surface area contributed by atoms with Gasteiger partial charge in [0.25, 0.3) is 11.6 Å². The molecule has 0 saturated heterocycles. The first-order valence-electron chi connectivity index (χ1n) is 9.55. The lowest BCUT2D eigenvalue weighted by atomic mass is 10.1. The minimum absolute atomic E-state index is 0.0592. The summed E-state index contributed by atoms with van der Waals surface area (Å²) in [4.78, 5) is 35.6. The molecule has 7 nitrogen and oxygen atoms in total. The number of non-ortho nitro benzene ring substituents is 1. The van der Waals surface area contributed by atoms with Crippen molar-refractivity contribution in [1.82, 2.24) is 0 Å². The number of hydrogen-bond acceptors (Lipinski definition) is 4. The lowest BCUT2D eigenvalue weighted by Gasteiger charge is -2.13. The molecule has 0 atom stereocenters. The summed E-state index contributed by atoms with van der Waals surface area (Å²) in [7, 11) is 0. The van der Waals surface area contributed by atoms with E-state index in [-0.39, 0.29) is 11.6 Å². The van der Waals surface area contributed by atoms with Crippen molar-refractivity contribution in [2.75, 3.05) is 10.6 Å². The van der Waals surface area contributed by atoms with E-state index in [9.17, 15) is 19.7 Å². The van der Waals surface area contributed by atoms with Crippen LogP contribution in [-0.2, 0) is 4.79 Å². The van der Waals surface area contributed by atoms with E-state index in [1.54, 1.807) is 36.4 Å². The fraction of sp³-hybridized carbons (Fsp3) is 0.0833. The number of amides is 2. The van der Waals surface area contributed by atoms with E-state index in [4.69, 9.17) is 0 Å². The van der Waals surface area contributed by atoms with E-state index in [0.717, 1.165) is 11.1 Å². The third-order valence-electron chi connectivity index (χ3n) is 4.79. The van der Waals surface area contributed by atoms with Crippen LogP contribution in [0.5, 0.6) is 0 Å². The highest BCUT2D eigenvalue weighted by atomic mass is 16.6. The van der Waals surface area contributed by atoms with Crippen molar-refractivity contribution in [2.45, 2.75) is 13.8 Å². The Kier molecular flexibility index (Phi) is 6.57. The van der Waals surface area contributed by atoms with E-state index in [2.05, 4.69) is 10.6 Å². The maximum Gasteiger partial charge on any atom is 0.270 e. The van der Waals surface area contributed by atoms with Crippen LogP contribution in [0.1, 0.15) is 27.0 Å². The van der Waals surface area contributed by atoms with Crippen LogP contribution < -0.4 is 10.6 Å². The lowest BCUT2D eigenvalue weighted by molar-refractivity contribution is -0.384. The SMILES string of the molecule is Cc1cccc(NC(=O)c2ccccc2NC(=O)/C=C\c2cccc([N+](=O)[O-])c2)c1C. The predicted octanol–water partition coefficient (Wildman–Crippen LogP) is 5.12. The van der Waals surface area contributed by atoms with Crippen LogP contribution in [0.4, 0.5) is 17.1 Å². The number of anilines is 2. The smallest absolute Gasteiger partial charge is 0.270 e. The van der Waals surface area contributed by atoms with Gasteiger partial charge in [-0.3, -0.25) is 19.7 Å². The number of carbonyl (C=O) groups is 2. The number of nitrogens with one attached hydrogen (secondary N) is 2. The summed E-state index contributed by atoms with van der Waals surface area (Å²) in [5.74, 6) is -0.800. The van der Waals surface area contributed by atoms with Crippen LogP contribution in [0.15, 0.2) is 72.8 Å². The molecule has 0 aromatic heterocycles. The molecular weight excluding hydrogens is 394 g/mol. The van der Waals surface area contributed by atoms with Gasteiger partial charge in [-0.2, -0.15) is 0 Å². The molecule has 2 amide bonds. The molecule has 0 aliphatic rings. The summed E-state index contributed by atoms with van der Waals surface area (Å²) >= 11 is 0. The quantitative estimate of drug-likeness (QED) is 0.332. The summed E-state index contributed by atoms with van der Waals surface area (Å²) < 4.78 is 0. The number of nitrogens with zero attached hydrogens (tertiary/aromatic N) is 1. The summed E-state index contributed by atoms with van der Waals surface area (Å²) in [5.41, 5.74) is 3.88. The van der Waals surface area contributed by atoms with Crippen molar-refractivity contribution < 1.29 is 14.5 Å². The van der Waals surface area contributed by atoms with E-state index in [0.29, 0.717) is 22.5 Å². The second-order valence-electron chi connectivity index (χ2n) is 6.92. The van der Waals surface area contributed by atoms with Gasteiger partial charge in [0, 0.05) is 23.9 Å². The minimum atomic E-state index is -0.498. The highest BCUT2D eigenvalue weighted by Crippen LogP contribution is 2.22. The van der Waals surface area contributed by atoms with Crippen molar-refractivity contribution >= 4 is 35.0 Å². The molecular formula is C24H21N3O4. The predicted molar refractivity (Wildman–Crippen MR) is 121 cm³/mol. The van der Waals surface area contributed by atoms with Gasteiger partial charge in [-0.05, 0) is 54.8 Å². The molecule has 3 rings (SSSR count). The van der Waals surface area contributed by atoms with E-state index in [1.807, 2.05) is 32.0 Å². The monoisotopic (exact) mass is 415 g/mol. The van der Waals surface area contributed by atoms with Crippen LogP contribution in [-0.4, -0.2) is 16.7 Å². The van der Waals surface area contributed by atoms with Gasteiger partial charge in [0.15, 0.2) is 0 Å². The molecule has 156 valence electrons. The summed E-state index contributed by atoms with van der Waals surface area (Å²) in [6.45, 7) is 3.89. The summed E-state index contributed by atoms with van der Waals surface area (Å²) in [5, 5.41) is 16.4. The van der Waals surface area contributed by atoms with Gasteiger partial charge >= 0.3 is 0 Å². The van der Waals surface area contributed by atoms with E-state index in [1.165, 1.54) is 24.3 Å². The fourth-order valence-corrected chi connectivity index (χ4v) is 2.95. The average Bonchev–Trinajstić information content (AvgIpc) is 2.76. The first-order valence-corrected chi connectivity index (χ1v) is 9.55. The Balaban J connectivity index is 1.75. The lowest BCUT2D eigenvalue weighted by Crippen LogP contribution is -2.17. The van der Waals surface area contributed by atoms with Crippen LogP contribution in [0.3, 0.4) is 0 Å². The fourth-order valence-electron chi connectivity index (χ4n) is 2.95. The average molecular weight is 415 g/mol. The summed E-state index contributed by atoms with van der Waals surface area (Å²) in [6.07, 6.45) is 2.74. The Morgan fingerprint density at radius 3 is 2.39 bits per heavy atom. The molecule has 0 aliphatic heterocycles. The molecule has 0 unspecified atom stereocenters. The summed E-state index contributed by atoms with van der Waals surface area (Å²) in [6, 6.07) is 18.3. The van der Waals surface area contributed by atoms with Gasteiger partial charge in [-0.1, -0.05) is 36.4 Å². The van der Waals surface area contributed by atoms with E-state index >= 15 is 0 Å². The Bertz CT molecular complexity index is 1180. The third kappa shape index (κ3) is 5.42.